The van der Waals surface area contributed by atoms with E-state index in [2.05, 4.69) is 6.92 Å². The Hall–Kier alpha value is -2.95. The summed E-state index contributed by atoms with van der Waals surface area (Å²) >= 11 is 0. The van der Waals surface area contributed by atoms with Crippen LogP contribution in [0.5, 0.6) is 17.2 Å². The SMILES string of the molecule is CCc1ccc(C=C(Oc2cc(OC)cc(OC)c2)C(=O)O)cc1. The normalized spacial score (nSPS) is 11.0. The van der Waals surface area contributed by atoms with Crippen molar-refractivity contribution in [2.45, 2.75) is 13.3 Å². The van der Waals surface area contributed by atoms with E-state index in [0.717, 1.165) is 12.0 Å². The van der Waals surface area contributed by atoms with E-state index in [4.69, 9.17) is 14.2 Å². The van der Waals surface area contributed by atoms with E-state index >= 15 is 0 Å². The molecule has 0 bridgehead atoms. The zero-order valence-electron chi connectivity index (χ0n) is 13.9. The van der Waals surface area contributed by atoms with Crippen molar-refractivity contribution in [1.82, 2.24) is 0 Å². The fourth-order valence-electron chi connectivity index (χ4n) is 2.10. The minimum Gasteiger partial charge on any atom is -0.496 e. The summed E-state index contributed by atoms with van der Waals surface area (Å²) in [6.07, 6.45) is 2.41. The van der Waals surface area contributed by atoms with Crippen LogP contribution >= 0.6 is 0 Å². The largest absolute Gasteiger partial charge is 0.496 e. The van der Waals surface area contributed by atoms with Crippen LogP contribution in [0.15, 0.2) is 48.2 Å². The Balaban J connectivity index is 2.31. The maximum Gasteiger partial charge on any atom is 0.371 e. The second-order valence-electron chi connectivity index (χ2n) is 5.06. The summed E-state index contributed by atoms with van der Waals surface area (Å²) in [6, 6.07) is 12.5. The Morgan fingerprint density at radius 2 is 1.54 bits per heavy atom. The van der Waals surface area contributed by atoms with Gasteiger partial charge in [0.05, 0.1) is 14.2 Å². The number of hydrogen-bond donors (Lipinski definition) is 1. The molecular weight excluding hydrogens is 308 g/mol. The lowest BCUT2D eigenvalue weighted by molar-refractivity contribution is -0.134. The van der Waals surface area contributed by atoms with Crippen molar-refractivity contribution in [3.05, 3.63) is 59.4 Å². The molecular formula is C19H20O5. The quantitative estimate of drug-likeness (QED) is 0.619. The Morgan fingerprint density at radius 3 is 2.00 bits per heavy atom. The van der Waals surface area contributed by atoms with Crippen LogP contribution in [0.25, 0.3) is 6.08 Å². The average molecular weight is 328 g/mol. The van der Waals surface area contributed by atoms with Crippen LogP contribution in [-0.2, 0) is 11.2 Å². The van der Waals surface area contributed by atoms with Crippen molar-refractivity contribution in [2.75, 3.05) is 14.2 Å². The first-order valence-electron chi connectivity index (χ1n) is 7.50. The summed E-state index contributed by atoms with van der Waals surface area (Å²) < 4.78 is 15.8. The van der Waals surface area contributed by atoms with Crippen LogP contribution < -0.4 is 14.2 Å². The molecule has 0 aliphatic carbocycles. The van der Waals surface area contributed by atoms with E-state index < -0.39 is 5.97 Å². The molecule has 0 unspecified atom stereocenters. The number of benzene rings is 2. The zero-order chi connectivity index (χ0) is 17.5. The summed E-state index contributed by atoms with van der Waals surface area (Å²) in [5.74, 6) is 0.0127. The van der Waals surface area contributed by atoms with Gasteiger partial charge < -0.3 is 19.3 Å². The molecule has 5 heteroatoms. The molecule has 2 aromatic rings. The number of hydrogen-bond acceptors (Lipinski definition) is 4. The van der Waals surface area contributed by atoms with E-state index in [-0.39, 0.29) is 5.76 Å². The third-order valence-electron chi connectivity index (χ3n) is 3.45. The van der Waals surface area contributed by atoms with Gasteiger partial charge in [-0.1, -0.05) is 31.2 Å². The summed E-state index contributed by atoms with van der Waals surface area (Å²) in [6.45, 7) is 2.06. The van der Waals surface area contributed by atoms with Gasteiger partial charge in [0.25, 0.3) is 0 Å². The molecule has 2 rings (SSSR count). The van der Waals surface area contributed by atoms with Gasteiger partial charge in [0.15, 0.2) is 0 Å². The van der Waals surface area contributed by atoms with Gasteiger partial charge in [-0.2, -0.15) is 0 Å². The predicted octanol–water partition coefficient (Wildman–Crippen LogP) is 3.77. The maximum absolute atomic E-state index is 11.5. The van der Waals surface area contributed by atoms with Crippen LogP contribution in [0.1, 0.15) is 18.1 Å². The molecule has 126 valence electrons. The lowest BCUT2D eigenvalue weighted by Gasteiger charge is -2.10. The number of methoxy groups -OCH3 is 2. The lowest BCUT2D eigenvalue weighted by Crippen LogP contribution is -2.07. The Morgan fingerprint density at radius 1 is 1.00 bits per heavy atom. The topological polar surface area (TPSA) is 65.0 Å². The van der Waals surface area contributed by atoms with Crippen molar-refractivity contribution in [3.63, 3.8) is 0 Å². The molecule has 0 heterocycles. The fraction of sp³-hybridized carbons (Fsp3) is 0.211. The molecule has 0 atom stereocenters. The highest BCUT2D eigenvalue weighted by atomic mass is 16.5. The van der Waals surface area contributed by atoms with Crippen molar-refractivity contribution < 1.29 is 24.1 Å². The molecule has 0 aliphatic rings. The molecule has 0 spiro atoms. The molecule has 0 amide bonds. The van der Waals surface area contributed by atoms with Crippen LogP contribution in [-0.4, -0.2) is 25.3 Å². The number of carboxylic acids is 1. The second kappa shape index (κ2) is 8.06. The summed E-state index contributed by atoms with van der Waals surface area (Å²) in [5.41, 5.74) is 1.93. The monoisotopic (exact) mass is 328 g/mol. The van der Waals surface area contributed by atoms with Gasteiger partial charge >= 0.3 is 5.97 Å². The van der Waals surface area contributed by atoms with Crippen LogP contribution in [0.2, 0.25) is 0 Å². The average Bonchev–Trinajstić information content (AvgIpc) is 2.61. The van der Waals surface area contributed by atoms with E-state index in [1.807, 2.05) is 24.3 Å². The molecule has 24 heavy (non-hydrogen) atoms. The summed E-state index contributed by atoms with van der Waals surface area (Å²) in [7, 11) is 3.03. The van der Waals surface area contributed by atoms with E-state index in [0.29, 0.717) is 17.2 Å². The number of aliphatic carboxylic acids is 1. The van der Waals surface area contributed by atoms with Gasteiger partial charge in [0.1, 0.15) is 17.2 Å². The van der Waals surface area contributed by atoms with Crippen LogP contribution in [0.4, 0.5) is 0 Å². The number of ether oxygens (including phenoxy) is 3. The van der Waals surface area contributed by atoms with Gasteiger partial charge in [-0.15, -0.1) is 0 Å². The van der Waals surface area contributed by atoms with Gasteiger partial charge in [-0.3, -0.25) is 0 Å². The van der Waals surface area contributed by atoms with Gasteiger partial charge in [0, 0.05) is 18.2 Å². The first kappa shape index (κ1) is 17.4. The Kier molecular flexibility index (Phi) is 5.84. The molecule has 5 nitrogen and oxygen atoms in total. The summed E-state index contributed by atoms with van der Waals surface area (Å²) in [5, 5.41) is 9.39. The highest BCUT2D eigenvalue weighted by Crippen LogP contribution is 2.29. The smallest absolute Gasteiger partial charge is 0.371 e. The van der Waals surface area contributed by atoms with Crippen molar-refractivity contribution in [2.24, 2.45) is 0 Å². The zero-order valence-corrected chi connectivity index (χ0v) is 13.9. The number of rotatable bonds is 7. The van der Waals surface area contributed by atoms with E-state index in [1.54, 1.807) is 18.2 Å². The van der Waals surface area contributed by atoms with Gasteiger partial charge in [-0.05, 0) is 23.6 Å². The Bertz CT molecular complexity index is 710. The molecule has 1 N–H and O–H groups in total. The standard InChI is InChI=1S/C19H20O5/c1-4-13-5-7-14(8-6-13)9-18(19(20)21)24-17-11-15(22-2)10-16(12-17)23-3/h5-12H,4H2,1-3H3,(H,20,21). The third kappa shape index (κ3) is 4.52. The number of aryl methyl sites for hydroxylation is 1. The fourth-order valence-corrected chi connectivity index (χ4v) is 2.10. The molecule has 0 aliphatic heterocycles. The maximum atomic E-state index is 11.5. The van der Waals surface area contributed by atoms with Crippen molar-refractivity contribution in [1.29, 1.82) is 0 Å². The second-order valence-corrected chi connectivity index (χ2v) is 5.06. The molecule has 0 fully saturated rings. The first-order valence-corrected chi connectivity index (χ1v) is 7.50. The number of carboxylic acid groups (broad SMARTS) is 1. The molecule has 2 aromatic carbocycles. The van der Waals surface area contributed by atoms with Crippen molar-refractivity contribution >= 4 is 12.0 Å². The highest BCUT2D eigenvalue weighted by molar-refractivity contribution is 5.90. The van der Waals surface area contributed by atoms with E-state index in [9.17, 15) is 9.90 Å². The van der Waals surface area contributed by atoms with Gasteiger partial charge in [-0.25, -0.2) is 4.79 Å². The predicted molar refractivity (Wildman–Crippen MR) is 91.6 cm³/mol. The number of carbonyl (C=O) groups is 1. The molecule has 0 saturated heterocycles. The lowest BCUT2D eigenvalue weighted by atomic mass is 10.1. The Labute approximate surface area is 141 Å². The minimum absolute atomic E-state index is 0.186. The van der Waals surface area contributed by atoms with Crippen molar-refractivity contribution in [3.8, 4) is 17.2 Å². The van der Waals surface area contributed by atoms with Crippen LogP contribution in [0, 0.1) is 0 Å². The van der Waals surface area contributed by atoms with Crippen LogP contribution in [0.3, 0.4) is 0 Å². The van der Waals surface area contributed by atoms with Gasteiger partial charge in [0.2, 0.25) is 5.76 Å². The first-order chi connectivity index (χ1) is 11.5. The minimum atomic E-state index is -1.16. The summed E-state index contributed by atoms with van der Waals surface area (Å²) in [4.78, 5) is 11.5. The van der Waals surface area contributed by atoms with E-state index in [1.165, 1.54) is 25.9 Å². The molecule has 0 saturated carbocycles. The molecule has 0 aromatic heterocycles. The third-order valence-corrected chi connectivity index (χ3v) is 3.45. The molecule has 0 radical (unpaired) electrons. The highest BCUT2D eigenvalue weighted by Gasteiger charge is 2.12.